The van der Waals surface area contributed by atoms with Crippen LogP contribution in [0.1, 0.15) is 20.8 Å². The molecule has 0 unspecified atom stereocenters. The van der Waals surface area contributed by atoms with Gasteiger partial charge in [-0.2, -0.15) is 5.10 Å². The van der Waals surface area contributed by atoms with E-state index in [1.165, 1.54) is 5.57 Å². The monoisotopic (exact) mass is 176 g/mol. The maximum absolute atomic E-state index is 3.97. The molecule has 70 valence electrons. The molecule has 0 bridgehead atoms. The summed E-state index contributed by atoms with van der Waals surface area (Å²) in [5, 5.41) is 8.75. The summed E-state index contributed by atoms with van der Waals surface area (Å²) in [5.74, 6) is 0.454. The average Bonchev–Trinajstić information content (AvgIpc) is 2.35. The number of hydrogen-bond donors (Lipinski definition) is 1. The number of H-pyrrole nitrogens is 1. The zero-order valence-corrected chi connectivity index (χ0v) is 8.52. The highest BCUT2D eigenvalue weighted by Gasteiger charge is 2.05. The number of allylic oxidation sites excluding steroid dienone is 1. The molecular weight excluding hydrogens is 160 g/mol. The molecule has 13 heavy (non-hydrogen) atoms. The lowest BCUT2D eigenvalue weighted by molar-refractivity contribution is 0.846. The molecule has 0 saturated heterocycles. The summed E-state index contributed by atoms with van der Waals surface area (Å²) in [7, 11) is 0. The van der Waals surface area contributed by atoms with Crippen molar-refractivity contribution >= 4 is 12.2 Å². The summed E-state index contributed by atoms with van der Waals surface area (Å²) < 4.78 is 0. The third kappa shape index (κ3) is 1.89. The van der Waals surface area contributed by atoms with Crippen molar-refractivity contribution in [1.29, 1.82) is 0 Å². The van der Waals surface area contributed by atoms with Gasteiger partial charge < -0.3 is 0 Å². The summed E-state index contributed by atoms with van der Waals surface area (Å²) in [4.78, 5) is 0. The van der Waals surface area contributed by atoms with Crippen LogP contribution in [0.2, 0.25) is 0 Å². The van der Waals surface area contributed by atoms with E-state index in [0.717, 1.165) is 16.1 Å². The Kier molecular flexibility index (Phi) is 2.71. The van der Waals surface area contributed by atoms with Crippen molar-refractivity contribution in [1.82, 2.24) is 10.2 Å². The van der Waals surface area contributed by atoms with Crippen molar-refractivity contribution < 1.29 is 0 Å². The van der Waals surface area contributed by atoms with Gasteiger partial charge in [0.1, 0.15) is 0 Å². The molecule has 0 atom stereocenters. The van der Waals surface area contributed by atoms with Gasteiger partial charge in [0.2, 0.25) is 0 Å². The SMILES string of the molecule is C=C(C)/C(=c1/cn[nH]c1=C)C(C)C. The Hall–Kier alpha value is -1.31. The van der Waals surface area contributed by atoms with E-state index in [-0.39, 0.29) is 0 Å². The van der Waals surface area contributed by atoms with Crippen molar-refractivity contribution in [3.8, 4) is 0 Å². The molecule has 0 aliphatic carbocycles. The molecule has 0 aromatic carbocycles. The van der Waals surface area contributed by atoms with E-state index < -0.39 is 0 Å². The molecule has 0 aliphatic heterocycles. The molecule has 1 heterocycles. The zero-order chi connectivity index (χ0) is 10.0. The highest BCUT2D eigenvalue weighted by atomic mass is 15.1. The van der Waals surface area contributed by atoms with Gasteiger partial charge in [0.25, 0.3) is 0 Å². The standard InChI is InChI=1S/C11H16N2/c1-7(2)11(8(3)4)10-6-12-13-9(10)5/h6,8,13H,1,5H2,2-4H3/b11-10+. The van der Waals surface area contributed by atoms with E-state index in [1.54, 1.807) is 0 Å². The molecule has 0 radical (unpaired) electrons. The maximum Gasteiger partial charge on any atom is 0.0581 e. The van der Waals surface area contributed by atoms with E-state index >= 15 is 0 Å². The van der Waals surface area contributed by atoms with Crippen LogP contribution in [0.15, 0.2) is 18.3 Å². The van der Waals surface area contributed by atoms with Gasteiger partial charge in [-0.1, -0.05) is 32.6 Å². The van der Waals surface area contributed by atoms with Gasteiger partial charge in [0.05, 0.1) is 11.5 Å². The minimum atomic E-state index is 0.454. The first-order chi connectivity index (χ1) is 6.04. The summed E-state index contributed by atoms with van der Waals surface area (Å²) in [6.45, 7) is 14.2. The summed E-state index contributed by atoms with van der Waals surface area (Å²) in [6, 6.07) is 0. The predicted molar refractivity (Wildman–Crippen MR) is 56.4 cm³/mol. The second-order valence-corrected chi connectivity index (χ2v) is 3.61. The van der Waals surface area contributed by atoms with Gasteiger partial charge in [0, 0.05) is 5.22 Å². The topological polar surface area (TPSA) is 28.7 Å². The summed E-state index contributed by atoms with van der Waals surface area (Å²) in [6.07, 6.45) is 1.81. The van der Waals surface area contributed by atoms with Crippen molar-refractivity contribution in [2.75, 3.05) is 0 Å². The molecular formula is C11H16N2. The third-order valence-electron chi connectivity index (χ3n) is 2.05. The number of nitrogens with zero attached hydrogens (tertiary/aromatic N) is 1. The zero-order valence-electron chi connectivity index (χ0n) is 8.52. The lowest BCUT2D eigenvalue weighted by Gasteiger charge is -2.09. The average molecular weight is 176 g/mol. The fraction of sp³-hybridized carbons (Fsp3) is 0.364. The molecule has 0 aliphatic rings. The van der Waals surface area contributed by atoms with Crippen LogP contribution < -0.4 is 10.6 Å². The summed E-state index contributed by atoms with van der Waals surface area (Å²) >= 11 is 0. The maximum atomic E-state index is 3.97. The Bertz CT molecular complexity index is 410. The Balaban J connectivity index is 3.53. The van der Waals surface area contributed by atoms with Gasteiger partial charge in [0.15, 0.2) is 0 Å². The van der Waals surface area contributed by atoms with Gasteiger partial charge in [-0.05, 0) is 18.4 Å². The smallest absolute Gasteiger partial charge is 0.0581 e. The first-order valence-corrected chi connectivity index (χ1v) is 4.42. The van der Waals surface area contributed by atoms with Crippen molar-refractivity contribution in [3.05, 3.63) is 28.9 Å². The van der Waals surface area contributed by atoms with Crippen LogP contribution in [-0.2, 0) is 0 Å². The van der Waals surface area contributed by atoms with Gasteiger partial charge in [-0.25, -0.2) is 0 Å². The van der Waals surface area contributed by atoms with Crippen LogP contribution in [0.3, 0.4) is 0 Å². The molecule has 1 N–H and O–H groups in total. The highest BCUT2D eigenvalue weighted by Crippen LogP contribution is 2.16. The van der Waals surface area contributed by atoms with Gasteiger partial charge >= 0.3 is 0 Å². The van der Waals surface area contributed by atoms with Crippen LogP contribution >= 0.6 is 0 Å². The van der Waals surface area contributed by atoms with E-state index in [0.29, 0.717) is 5.92 Å². The molecule has 1 rings (SSSR count). The van der Waals surface area contributed by atoms with Crippen LogP contribution in [0.4, 0.5) is 0 Å². The Morgan fingerprint density at radius 1 is 1.54 bits per heavy atom. The molecule has 1 aromatic rings. The number of aromatic nitrogens is 2. The predicted octanol–water partition coefficient (Wildman–Crippen LogP) is 1.20. The largest absolute Gasteiger partial charge is 0.278 e. The first kappa shape index (κ1) is 9.78. The molecule has 0 amide bonds. The molecule has 2 heteroatoms. The molecule has 0 saturated carbocycles. The van der Waals surface area contributed by atoms with Crippen LogP contribution in [-0.4, -0.2) is 10.2 Å². The van der Waals surface area contributed by atoms with Crippen molar-refractivity contribution in [3.63, 3.8) is 0 Å². The van der Waals surface area contributed by atoms with Crippen molar-refractivity contribution in [2.24, 2.45) is 5.92 Å². The number of aromatic amines is 1. The van der Waals surface area contributed by atoms with E-state index in [9.17, 15) is 0 Å². The van der Waals surface area contributed by atoms with E-state index in [1.807, 2.05) is 13.1 Å². The van der Waals surface area contributed by atoms with E-state index in [2.05, 4.69) is 37.2 Å². The number of hydrogen-bond acceptors (Lipinski definition) is 1. The van der Waals surface area contributed by atoms with Crippen LogP contribution in [0, 0.1) is 5.92 Å². The normalized spacial score (nSPS) is 13.2. The lowest BCUT2D eigenvalue weighted by Crippen LogP contribution is -2.25. The molecule has 0 spiro atoms. The highest BCUT2D eigenvalue weighted by molar-refractivity contribution is 5.63. The molecule has 2 nitrogen and oxygen atoms in total. The molecule has 1 aromatic heterocycles. The Morgan fingerprint density at radius 3 is 2.46 bits per heavy atom. The van der Waals surface area contributed by atoms with Gasteiger partial charge in [-0.15, -0.1) is 0 Å². The Morgan fingerprint density at radius 2 is 2.15 bits per heavy atom. The summed E-state index contributed by atoms with van der Waals surface area (Å²) in [5.41, 5.74) is 2.32. The van der Waals surface area contributed by atoms with Crippen LogP contribution in [0.5, 0.6) is 0 Å². The fourth-order valence-corrected chi connectivity index (χ4v) is 1.58. The minimum absolute atomic E-state index is 0.454. The van der Waals surface area contributed by atoms with Crippen molar-refractivity contribution in [2.45, 2.75) is 20.8 Å². The quantitative estimate of drug-likeness (QED) is 0.720. The second-order valence-electron chi connectivity index (χ2n) is 3.61. The lowest BCUT2D eigenvalue weighted by atomic mass is 9.96. The van der Waals surface area contributed by atoms with Gasteiger partial charge in [-0.3, -0.25) is 5.10 Å². The Labute approximate surface area is 78.7 Å². The van der Waals surface area contributed by atoms with Crippen LogP contribution in [0.25, 0.3) is 12.2 Å². The number of rotatable bonds is 2. The van der Waals surface area contributed by atoms with E-state index in [4.69, 9.17) is 0 Å². The fourth-order valence-electron chi connectivity index (χ4n) is 1.58. The first-order valence-electron chi connectivity index (χ1n) is 4.42. The second kappa shape index (κ2) is 3.60. The minimum Gasteiger partial charge on any atom is -0.278 e. The molecule has 0 fully saturated rings. The number of nitrogens with one attached hydrogen (secondary N) is 1. The third-order valence-corrected chi connectivity index (χ3v) is 2.05.